The number of aryl methyl sites for hydroxylation is 1. The average Bonchev–Trinajstić information content (AvgIpc) is 2.96. The lowest BCUT2D eigenvalue weighted by Gasteiger charge is -2.28. The van der Waals surface area contributed by atoms with Crippen LogP contribution in [0.3, 0.4) is 0 Å². The van der Waals surface area contributed by atoms with E-state index in [4.69, 9.17) is 4.74 Å². The smallest absolute Gasteiger partial charge is 0.0750 e. The minimum Gasteiger partial charge on any atom is -0.376 e. The monoisotopic (exact) mass is 276 g/mol. The van der Waals surface area contributed by atoms with Crippen LogP contribution < -0.4 is 10.2 Å². The normalized spacial score (nSPS) is 18.4. The highest BCUT2D eigenvalue weighted by Gasteiger charge is 2.20. The fraction of sp³-hybridized carbons (Fsp3) is 0.647. The van der Waals surface area contributed by atoms with Gasteiger partial charge in [0.05, 0.1) is 6.10 Å². The Morgan fingerprint density at radius 2 is 2.20 bits per heavy atom. The van der Waals surface area contributed by atoms with Gasteiger partial charge in [-0.3, -0.25) is 0 Å². The summed E-state index contributed by atoms with van der Waals surface area (Å²) in [5.74, 6) is 0. The van der Waals surface area contributed by atoms with Crippen LogP contribution in [0.1, 0.15) is 37.8 Å². The van der Waals surface area contributed by atoms with E-state index in [-0.39, 0.29) is 0 Å². The quantitative estimate of drug-likeness (QED) is 0.828. The molecule has 0 radical (unpaired) electrons. The molecule has 1 saturated heterocycles. The molecule has 0 aliphatic carbocycles. The van der Waals surface area contributed by atoms with Crippen LogP contribution in [0, 0.1) is 6.92 Å². The zero-order chi connectivity index (χ0) is 14.4. The number of ether oxygens (including phenoxy) is 1. The van der Waals surface area contributed by atoms with Gasteiger partial charge in [0.15, 0.2) is 0 Å². The molecule has 1 unspecified atom stereocenters. The first kappa shape index (κ1) is 15.3. The highest BCUT2D eigenvalue weighted by Crippen LogP contribution is 2.24. The van der Waals surface area contributed by atoms with Crippen LogP contribution in [-0.4, -0.2) is 32.3 Å². The SMILES string of the molecule is CCNCc1cc(C)ccc1N(CC)CC1CCCO1. The summed E-state index contributed by atoms with van der Waals surface area (Å²) in [6, 6.07) is 6.78. The van der Waals surface area contributed by atoms with Gasteiger partial charge in [0, 0.05) is 31.9 Å². The lowest BCUT2D eigenvalue weighted by molar-refractivity contribution is 0.115. The van der Waals surface area contributed by atoms with Crippen molar-refractivity contribution < 1.29 is 4.74 Å². The van der Waals surface area contributed by atoms with Gasteiger partial charge < -0.3 is 15.0 Å². The van der Waals surface area contributed by atoms with Gasteiger partial charge in [-0.05, 0) is 44.9 Å². The predicted octanol–water partition coefficient (Wildman–Crippen LogP) is 3.11. The van der Waals surface area contributed by atoms with E-state index in [0.29, 0.717) is 6.10 Å². The summed E-state index contributed by atoms with van der Waals surface area (Å²) in [5.41, 5.74) is 4.08. The zero-order valence-electron chi connectivity index (χ0n) is 13.1. The minimum absolute atomic E-state index is 0.406. The number of anilines is 1. The van der Waals surface area contributed by atoms with Gasteiger partial charge >= 0.3 is 0 Å². The molecule has 3 nitrogen and oxygen atoms in total. The number of hydrogen-bond acceptors (Lipinski definition) is 3. The molecule has 20 heavy (non-hydrogen) atoms. The molecular weight excluding hydrogens is 248 g/mol. The summed E-state index contributed by atoms with van der Waals surface area (Å²) in [7, 11) is 0. The first-order valence-electron chi connectivity index (χ1n) is 7.91. The molecule has 1 aliphatic heterocycles. The topological polar surface area (TPSA) is 24.5 Å². The number of benzene rings is 1. The molecule has 1 heterocycles. The van der Waals surface area contributed by atoms with Crippen LogP contribution in [0.25, 0.3) is 0 Å². The summed E-state index contributed by atoms with van der Waals surface area (Å²) < 4.78 is 5.79. The van der Waals surface area contributed by atoms with Crippen LogP contribution in [0.4, 0.5) is 5.69 Å². The van der Waals surface area contributed by atoms with Crippen molar-refractivity contribution in [2.75, 3.05) is 31.1 Å². The second kappa shape index (κ2) is 7.65. The molecule has 3 heteroatoms. The molecule has 0 amide bonds. The van der Waals surface area contributed by atoms with E-state index in [1.165, 1.54) is 29.7 Å². The lowest BCUT2D eigenvalue weighted by Crippen LogP contribution is -2.33. The van der Waals surface area contributed by atoms with Crippen LogP contribution in [0.5, 0.6) is 0 Å². The fourth-order valence-electron chi connectivity index (χ4n) is 2.86. The number of rotatable bonds is 7. The number of nitrogens with zero attached hydrogens (tertiary/aromatic N) is 1. The van der Waals surface area contributed by atoms with Crippen molar-refractivity contribution in [3.63, 3.8) is 0 Å². The third-order valence-corrected chi connectivity index (χ3v) is 3.97. The molecule has 0 bridgehead atoms. The molecule has 2 rings (SSSR count). The number of hydrogen-bond donors (Lipinski definition) is 1. The molecule has 1 N–H and O–H groups in total. The number of nitrogens with one attached hydrogen (secondary N) is 1. The molecule has 0 spiro atoms. The second-order valence-electron chi connectivity index (χ2n) is 5.59. The molecular formula is C17H28N2O. The maximum absolute atomic E-state index is 5.79. The highest BCUT2D eigenvalue weighted by molar-refractivity contribution is 5.55. The molecule has 1 aromatic rings. The Labute approximate surface area is 123 Å². The third-order valence-electron chi connectivity index (χ3n) is 3.97. The van der Waals surface area contributed by atoms with E-state index in [1.807, 2.05) is 0 Å². The Morgan fingerprint density at radius 3 is 2.85 bits per heavy atom. The third kappa shape index (κ3) is 3.97. The second-order valence-corrected chi connectivity index (χ2v) is 5.59. The largest absolute Gasteiger partial charge is 0.376 e. The Balaban J connectivity index is 2.13. The highest BCUT2D eigenvalue weighted by atomic mass is 16.5. The van der Waals surface area contributed by atoms with Crippen molar-refractivity contribution in [3.05, 3.63) is 29.3 Å². The molecule has 112 valence electrons. The first-order chi connectivity index (χ1) is 9.74. The molecule has 0 saturated carbocycles. The van der Waals surface area contributed by atoms with Gasteiger partial charge in [-0.25, -0.2) is 0 Å². The van der Waals surface area contributed by atoms with Crippen molar-refractivity contribution in [1.82, 2.24) is 5.32 Å². The van der Waals surface area contributed by atoms with E-state index in [1.54, 1.807) is 0 Å². The van der Waals surface area contributed by atoms with E-state index in [2.05, 4.69) is 49.2 Å². The molecule has 1 fully saturated rings. The molecule has 1 atom stereocenters. The summed E-state index contributed by atoms with van der Waals surface area (Å²) in [6.07, 6.45) is 2.81. The Morgan fingerprint density at radius 1 is 1.35 bits per heavy atom. The Hall–Kier alpha value is -1.06. The maximum Gasteiger partial charge on any atom is 0.0750 e. The van der Waals surface area contributed by atoms with Crippen molar-refractivity contribution in [2.45, 2.75) is 46.3 Å². The summed E-state index contributed by atoms with van der Waals surface area (Å²) >= 11 is 0. The van der Waals surface area contributed by atoms with Gasteiger partial charge in [-0.15, -0.1) is 0 Å². The Bertz CT molecular complexity index is 413. The van der Waals surface area contributed by atoms with Crippen molar-refractivity contribution in [1.29, 1.82) is 0 Å². The van der Waals surface area contributed by atoms with Crippen molar-refractivity contribution in [2.24, 2.45) is 0 Å². The van der Waals surface area contributed by atoms with Crippen molar-refractivity contribution >= 4 is 5.69 Å². The summed E-state index contributed by atoms with van der Waals surface area (Å²) in [5, 5.41) is 3.45. The summed E-state index contributed by atoms with van der Waals surface area (Å²) in [4.78, 5) is 2.46. The maximum atomic E-state index is 5.79. The van der Waals surface area contributed by atoms with Gasteiger partial charge in [0.25, 0.3) is 0 Å². The van der Waals surface area contributed by atoms with Crippen LogP contribution >= 0.6 is 0 Å². The molecule has 1 aliphatic rings. The van der Waals surface area contributed by atoms with Crippen LogP contribution in [-0.2, 0) is 11.3 Å². The lowest BCUT2D eigenvalue weighted by atomic mass is 10.1. The van der Waals surface area contributed by atoms with Gasteiger partial charge in [-0.2, -0.15) is 0 Å². The van der Waals surface area contributed by atoms with Gasteiger partial charge in [0.1, 0.15) is 0 Å². The zero-order valence-corrected chi connectivity index (χ0v) is 13.1. The Kier molecular flexibility index (Phi) is 5.86. The van der Waals surface area contributed by atoms with Crippen LogP contribution in [0.15, 0.2) is 18.2 Å². The van der Waals surface area contributed by atoms with E-state index in [0.717, 1.165) is 32.8 Å². The van der Waals surface area contributed by atoms with Crippen molar-refractivity contribution in [3.8, 4) is 0 Å². The van der Waals surface area contributed by atoms with E-state index < -0.39 is 0 Å². The standard InChI is InChI=1S/C17H28N2O/c1-4-18-12-15-11-14(3)8-9-17(15)19(5-2)13-16-7-6-10-20-16/h8-9,11,16,18H,4-7,10,12-13H2,1-3H3. The van der Waals surface area contributed by atoms with E-state index >= 15 is 0 Å². The van der Waals surface area contributed by atoms with Crippen LogP contribution in [0.2, 0.25) is 0 Å². The van der Waals surface area contributed by atoms with Gasteiger partial charge in [0.2, 0.25) is 0 Å². The summed E-state index contributed by atoms with van der Waals surface area (Å²) in [6.45, 7) is 11.5. The predicted molar refractivity (Wildman–Crippen MR) is 85.4 cm³/mol. The number of likely N-dealkylation sites (N-methyl/N-ethyl adjacent to an activating group) is 1. The molecule has 0 aromatic heterocycles. The average molecular weight is 276 g/mol. The first-order valence-corrected chi connectivity index (χ1v) is 7.91. The van der Waals surface area contributed by atoms with E-state index in [9.17, 15) is 0 Å². The minimum atomic E-state index is 0.406. The fourth-order valence-corrected chi connectivity index (χ4v) is 2.86. The molecule has 1 aromatic carbocycles. The van der Waals surface area contributed by atoms with Gasteiger partial charge in [-0.1, -0.05) is 24.6 Å².